The van der Waals surface area contributed by atoms with E-state index in [1.807, 2.05) is 32.0 Å². The lowest BCUT2D eigenvalue weighted by molar-refractivity contribution is 0.354. The molecular weight excluding hydrogens is 296 g/mol. The molecule has 0 fully saturated rings. The minimum Gasteiger partial charge on any atom is -0.493 e. The lowest BCUT2D eigenvalue weighted by Crippen LogP contribution is -1.97. The number of methoxy groups -OCH3 is 2. The van der Waals surface area contributed by atoms with Gasteiger partial charge in [0.05, 0.1) is 20.4 Å². The Morgan fingerprint density at radius 2 is 2.13 bits per heavy atom. The van der Waals surface area contributed by atoms with Crippen LogP contribution in [-0.4, -0.2) is 25.4 Å². The molecule has 0 aliphatic carbocycles. The van der Waals surface area contributed by atoms with Crippen molar-refractivity contribution in [2.24, 2.45) is 5.10 Å². The third-order valence-electron chi connectivity index (χ3n) is 3.05. The summed E-state index contributed by atoms with van der Waals surface area (Å²) in [7, 11) is 3.12. The van der Waals surface area contributed by atoms with E-state index in [0.29, 0.717) is 17.4 Å². The van der Waals surface area contributed by atoms with Crippen LogP contribution in [0.3, 0.4) is 0 Å². The van der Waals surface area contributed by atoms with Crippen LogP contribution in [0.25, 0.3) is 0 Å². The monoisotopic (exact) mass is 314 g/mol. The zero-order chi connectivity index (χ0) is 16.8. The van der Waals surface area contributed by atoms with Gasteiger partial charge in [0.1, 0.15) is 6.07 Å². The lowest BCUT2D eigenvalue weighted by Gasteiger charge is -2.09. The fraction of sp³-hybridized carbons (Fsp3) is 0.312. The van der Waals surface area contributed by atoms with E-state index < -0.39 is 0 Å². The van der Waals surface area contributed by atoms with Crippen molar-refractivity contribution in [3.8, 4) is 17.6 Å². The van der Waals surface area contributed by atoms with Gasteiger partial charge in [-0.05, 0) is 12.1 Å². The first-order valence-electron chi connectivity index (χ1n) is 7.01. The molecule has 0 spiro atoms. The smallest absolute Gasteiger partial charge is 0.252 e. The Kier molecular flexibility index (Phi) is 5.20. The fourth-order valence-electron chi connectivity index (χ4n) is 1.91. The molecule has 0 unspecified atom stereocenters. The highest BCUT2D eigenvalue weighted by molar-refractivity contribution is 5.85. The molecule has 0 saturated carbocycles. The SMILES string of the molecule is COc1cccc(/C=N/Nc2oc(C(C)C)nc2C#N)c1OC. The third-order valence-corrected chi connectivity index (χ3v) is 3.05. The van der Waals surface area contributed by atoms with E-state index >= 15 is 0 Å². The molecule has 7 nitrogen and oxygen atoms in total. The van der Waals surface area contributed by atoms with Crippen molar-refractivity contribution in [1.82, 2.24) is 4.98 Å². The fourth-order valence-corrected chi connectivity index (χ4v) is 1.91. The molecule has 1 N–H and O–H groups in total. The molecule has 0 atom stereocenters. The molecule has 23 heavy (non-hydrogen) atoms. The maximum atomic E-state index is 9.08. The Labute approximate surface area is 134 Å². The highest BCUT2D eigenvalue weighted by Crippen LogP contribution is 2.29. The third kappa shape index (κ3) is 3.61. The van der Waals surface area contributed by atoms with E-state index in [9.17, 15) is 0 Å². The molecule has 0 amide bonds. The van der Waals surface area contributed by atoms with Crippen LogP contribution in [-0.2, 0) is 0 Å². The zero-order valence-electron chi connectivity index (χ0n) is 13.5. The predicted molar refractivity (Wildman–Crippen MR) is 86.1 cm³/mol. The van der Waals surface area contributed by atoms with Crippen LogP contribution in [0.4, 0.5) is 5.88 Å². The minimum absolute atomic E-state index is 0.0834. The minimum atomic E-state index is 0.0834. The van der Waals surface area contributed by atoms with Crippen molar-refractivity contribution in [3.05, 3.63) is 35.3 Å². The van der Waals surface area contributed by atoms with Crippen LogP contribution in [0.15, 0.2) is 27.7 Å². The number of oxazole rings is 1. The van der Waals surface area contributed by atoms with Crippen LogP contribution >= 0.6 is 0 Å². The highest BCUT2D eigenvalue weighted by atomic mass is 16.5. The average Bonchev–Trinajstić information content (AvgIpc) is 2.98. The number of hydrazone groups is 1. The maximum absolute atomic E-state index is 9.08. The number of hydrogen-bond donors (Lipinski definition) is 1. The summed E-state index contributed by atoms with van der Waals surface area (Å²) in [4.78, 5) is 4.11. The van der Waals surface area contributed by atoms with Gasteiger partial charge in [0, 0.05) is 11.5 Å². The molecule has 0 aliphatic heterocycles. The van der Waals surface area contributed by atoms with Crippen molar-refractivity contribution < 1.29 is 13.9 Å². The highest BCUT2D eigenvalue weighted by Gasteiger charge is 2.15. The number of hydrogen-bond acceptors (Lipinski definition) is 7. The Morgan fingerprint density at radius 1 is 1.35 bits per heavy atom. The molecule has 0 radical (unpaired) electrons. The van der Waals surface area contributed by atoms with Gasteiger partial charge in [-0.2, -0.15) is 10.4 Å². The van der Waals surface area contributed by atoms with Crippen LogP contribution in [0.1, 0.15) is 36.9 Å². The number of para-hydroxylation sites is 1. The van der Waals surface area contributed by atoms with Gasteiger partial charge in [0.25, 0.3) is 5.88 Å². The molecule has 1 aromatic carbocycles. The summed E-state index contributed by atoms with van der Waals surface area (Å²) in [5.41, 5.74) is 3.59. The van der Waals surface area contributed by atoms with Crippen LogP contribution in [0.5, 0.6) is 11.5 Å². The molecule has 2 rings (SSSR count). The molecule has 1 heterocycles. The van der Waals surface area contributed by atoms with Gasteiger partial charge in [-0.1, -0.05) is 19.9 Å². The van der Waals surface area contributed by atoms with Crippen molar-refractivity contribution in [3.63, 3.8) is 0 Å². The lowest BCUT2D eigenvalue weighted by atomic mass is 10.2. The van der Waals surface area contributed by atoms with Crippen molar-refractivity contribution in [1.29, 1.82) is 5.26 Å². The van der Waals surface area contributed by atoms with E-state index in [1.54, 1.807) is 26.5 Å². The summed E-state index contributed by atoms with van der Waals surface area (Å²) in [5, 5.41) is 13.2. The summed E-state index contributed by atoms with van der Waals surface area (Å²) in [6, 6.07) is 7.43. The topological polar surface area (TPSA) is 92.7 Å². The Balaban J connectivity index is 2.21. The second-order valence-electron chi connectivity index (χ2n) is 4.95. The second kappa shape index (κ2) is 7.31. The molecule has 1 aromatic heterocycles. The van der Waals surface area contributed by atoms with Gasteiger partial charge in [0.15, 0.2) is 11.5 Å². The van der Waals surface area contributed by atoms with E-state index in [0.717, 1.165) is 5.56 Å². The second-order valence-corrected chi connectivity index (χ2v) is 4.95. The molecule has 120 valence electrons. The molecule has 0 saturated heterocycles. The van der Waals surface area contributed by atoms with Gasteiger partial charge in [-0.25, -0.2) is 10.4 Å². The van der Waals surface area contributed by atoms with Crippen molar-refractivity contribution in [2.45, 2.75) is 19.8 Å². The first-order valence-corrected chi connectivity index (χ1v) is 7.01. The molecule has 0 bridgehead atoms. The van der Waals surface area contributed by atoms with E-state index in [2.05, 4.69) is 15.5 Å². The summed E-state index contributed by atoms with van der Waals surface area (Å²) >= 11 is 0. The largest absolute Gasteiger partial charge is 0.493 e. The summed E-state index contributed by atoms with van der Waals surface area (Å²) in [6.45, 7) is 3.86. The normalized spacial score (nSPS) is 10.8. The number of benzene rings is 1. The van der Waals surface area contributed by atoms with Gasteiger partial charge >= 0.3 is 0 Å². The molecule has 0 aliphatic rings. The first-order chi connectivity index (χ1) is 11.1. The number of nitrogens with one attached hydrogen (secondary N) is 1. The Morgan fingerprint density at radius 3 is 2.74 bits per heavy atom. The van der Waals surface area contributed by atoms with Crippen molar-refractivity contribution in [2.75, 3.05) is 19.6 Å². The predicted octanol–water partition coefficient (Wildman–Crippen LogP) is 3.13. The molecule has 7 heteroatoms. The number of aromatic nitrogens is 1. The number of ether oxygens (including phenoxy) is 2. The van der Waals surface area contributed by atoms with Gasteiger partial charge in [-0.15, -0.1) is 0 Å². The quantitative estimate of drug-likeness (QED) is 0.650. The van der Waals surface area contributed by atoms with Crippen LogP contribution in [0, 0.1) is 11.3 Å². The van der Waals surface area contributed by atoms with Crippen molar-refractivity contribution >= 4 is 12.1 Å². The van der Waals surface area contributed by atoms with E-state index in [1.165, 1.54) is 0 Å². The number of nitrogens with zero attached hydrogens (tertiary/aromatic N) is 3. The van der Waals surface area contributed by atoms with Gasteiger partial charge in [-0.3, -0.25) is 0 Å². The molecule has 2 aromatic rings. The maximum Gasteiger partial charge on any atom is 0.252 e. The van der Waals surface area contributed by atoms with E-state index in [4.69, 9.17) is 19.2 Å². The number of nitriles is 1. The Bertz CT molecular complexity index is 744. The summed E-state index contributed by atoms with van der Waals surface area (Å²) < 4.78 is 16.0. The van der Waals surface area contributed by atoms with Crippen LogP contribution in [0.2, 0.25) is 0 Å². The molecular formula is C16H18N4O3. The van der Waals surface area contributed by atoms with Gasteiger partial charge in [0.2, 0.25) is 11.6 Å². The summed E-state index contributed by atoms with van der Waals surface area (Å²) in [6.07, 6.45) is 1.56. The zero-order valence-corrected chi connectivity index (χ0v) is 13.5. The van der Waals surface area contributed by atoms with Gasteiger partial charge < -0.3 is 13.9 Å². The standard InChI is InChI=1S/C16H18N4O3/c1-10(2)15-19-12(8-17)16(23-15)20-18-9-11-6-5-7-13(21-3)14(11)22-4/h5-7,9-10,20H,1-4H3/b18-9+. The number of rotatable bonds is 6. The summed E-state index contributed by atoms with van der Waals surface area (Å²) in [5.74, 6) is 1.96. The van der Waals surface area contributed by atoms with E-state index in [-0.39, 0.29) is 17.5 Å². The average molecular weight is 314 g/mol. The number of anilines is 1. The first kappa shape index (κ1) is 16.4. The van der Waals surface area contributed by atoms with Crippen LogP contribution < -0.4 is 14.9 Å². The Hall–Kier alpha value is -3.01.